The van der Waals surface area contributed by atoms with Gasteiger partial charge in [0.05, 0.1) is 12.1 Å². The van der Waals surface area contributed by atoms with Crippen molar-refractivity contribution in [2.45, 2.75) is 50.8 Å². The lowest BCUT2D eigenvalue weighted by atomic mass is 9.92. The number of hydrogen-bond donors (Lipinski definition) is 2. The van der Waals surface area contributed by atoms with Crippen molar-refractivity contribution in [3.05, 3.63) is 16.6 Å². The Balaban J connectivity index is 1.90. The summed E-state index contributed by atoms with van der Waals surface area (Å²) in [5.74, 6) is 0. The van der Waals surface area contributed by atoms with Gasteiger partial charge in [0.15, 0.2) is 0 Å². The highest BCUT2D eigenvalue weighted by atomic mass is 32.1. The van der Waals surface area contributed by atoms with Gasteiger partial charge in [-0.1, -0.05) is 12.8 Å². The van der Waals surface area contributed by atoms with Crippen LogP contribution >= 0.6 is 11.3 Å². The molecule has 0 aromatic carbocycles. The summed E-state index contributed by atoms with van der Waals surface area (Å²) in [4.78, 5) is 4.28. The molecule has 2 rings (SSSR count). The maximum Gasteiger partial charge on any atom is 0.109 e. The molecule has 2 N–H and O–H groups in total. The van der Waals surface area contributed by atoms with Gasteiger partial charge in [0.1, 0.15) is 5.01 Å². The molecule has 1 saturated carbocycles. The molecule has 1 aliphatic rings. The van der Waals surface area contributed by atoms with Crippen LogP contribution in [0.3, 0.4) is 0 Å². The van der Waals surface area contributed by atoms with Crippen LogP contribution in [0.4, 0.5) is 0 Å². The summed E-state index contributed by atoms with van der Waals surface area (Å²) in [5, 5.41) is 16.4. The van der Waals surface area contributed by atoms with Gasteiger partial charge in [0.2, 0.25) is 0 Å². The highest BCUT2D eigenvalue weighted by Crippen LogP contribution is 2.22. The summed E-state index contributed by atoms with van der Waals surface area (Å²) in [5.41, 5.74) is 0. The fourth-order valence-corrected chi connectivity index (χ4v) is 2.80. The molecule has 1 unspecified atom stereocenters. The highest BCUT2D eigenvalue weighted by Gasteiger charge is 2.24. The Bertz CT molecular complexity index is 289. The first-order valence-electron chi connectivity index (χ1n) is 5.61. The minimum absolute atomic E-state index is 0.179. The standard InChI is InChI=1S/C11H18N2OS/c1-8(11-12-6-7-15-11)13-9-4-2-3-5-10(9)14/h6-10,13-14H,2-5H2,1H3/t8?,9-,10-/m1/s1. The Morgan fingerprint density at radius 1 is 1.53 bits per heavy atom. The molecule has 0 radical (unpaired) electrons. The van der Waals surface area contributed by atoms with E-state index in [1.54, 1.807) is 11.3 Å². The van der Waals surface area contributed by atoms with E-state index in [9.17, 15) is 5.11 Å². The molecule has 0 spiro atoms. The van der Waals surface area contributed by atoms with Gasteiger partial charge in [0.25, 0.3) is 0 Å². The minimum Gasteiger partial charge on any atom is -0.392 e. The lowest BCUT2D eigenvalue weighted by molar-refractivity contribution is 0.0859. The molecule has 0 bridgehead atoms. The largest absolute Gasteiger partial charge is 0.392 e. The van der Waals surface area contributed by atoms with Gasteiger partial charge in [-0.05, 0) is 19.8 Å². The SMILES string of the molecule is CC(N[C@@H]1CCCC[C@H]1O)c1nccs1. The van der Waals surface area contributed by atoms with E-state index in [-0.39, 0.29) is 18.2 Å². The molecule has 1 aliphatic carbocycles. The summed E-state index contributed by atoms with van der Waals surface area (Å²) in [6.07, 6.45) is 6.04. The zero-order chi connectivity index (χ0) is 10.7. The molecular weight excluding hydrogens is 208 g/mol. The maximum atomic E-state index is 9.84. The van der Waals surface area contributed by atoms with E-state index in [0.717, 1.165) is 24.3 Å². The molecule has 4 heteroatoms. The van der Waals surface area contributed by atoms with Gasteiger partial charge in [-0.15, -0.1) is 11.3 Å². The molecule has 3 atom stereocenters. The van der Waals surface area contributed by atoms with E-state index < -0.39 is 0 Å². The average Bonchev–Trinajstić information content (AvgIpc) is 2.74. The number of aliphatic hydroxyl groups excluding tert-OH is 1. The molecule has 1 fully saturated rings. The van der Waals surface area contributed by atoms with E-state index in [0.29, 0.717) is 0 Å². The molecule has 1 aromatic rings. The number of nitrogens with zero attached hydrogens (tertiary/aromatic N) is 1. The van der Waals surface area contributed by atoms with E-state index >= 15 is 0 Å². The Kier molecular flexibility index (Phi) is 3.72. The fourth-order valence-electron chi connectivity index (χ4n) is 2.15. The molecule has 0 aliphatic heterocycles. The highest BCUT2D eigenvalue weighted by molar-refractivity contribution is 7.09. The third-order valence-corrected chi connectivity index (χ3v) is 3.97. The lowest BCUT2D eigenvalue weighted by Crippen LogP contribution is -2.43. The van der Waals surface area contributed by atoms with Crippen LogP contribution in [0.2, 0.25) is 0 Å². The van der Waals surface area contributed by atoms with Crippen molar-refractivity contribution in [1.29, 1.82) is 0 Å². The number of nitrogens with one attached hydrogen (secondary N) is 1. The normalized spacial score (nSPS) is 28.9. The third-order valence-electron chi connectivity index (χ3n) is 3.02. The second-order valence-electron chi connectivity index (χ2n) is 4.22. The fraction of sp³-hybridized carbons (Fsp3) is 0.727. The van der Waals surface area contributed by atoms with Crippen molar-refractivity contribution in [3.63, 3.8) is 0 Å². The van der Waals surface area contributed by atoms with Gasteiger partial charge < -0.3 is 10.4 Å². The number of thiazole rings is 1. The molecule has 0 saturated heterocycles. The summed E-state index contributed by atoms with van der Waals surface area (Å²) in [6, 6.07) is 0.500. The Morgan fingerprint density at radius 3 is 3.00 bits per heavy atom. The van der Waals surface area contributed by atoms with Crippen LogP contribution in [0.15, 0.2) is 11.6 Å². The van der Waals surface area contributed by atoms with Crippen LogP contribution in [0.5, 0.6) is 0 Å². The zero-order valence-corrected chi connectivity index (χ0v) is 9.83. The van der Waals surface area contributed by atoms with Gasteiger partial charge >= 0.3 is 0 Å². The zero-order valence-electron chi connectivity index (χ0n) is 9.02. The molecule has 1 heterocycles. The number of hydrogen-bond acceptors (Lipinski definition) is 4. The summed E-state index contributed by atoms with van der Waals surface area (Å²) in [7, 11) is 0. The van der Waals surface area contributed by atoms with Gasteiger partial charge in [-0.2, -0.15) is 0 Å². The smallest absolute Gasteiger partial charge is 0.109 e. The second-order valence-corrected chi connectivity index (χ2v) is 5.14. The molecule has 84 valence electrons. The number of aromatic nitrogens is 1. The van der Waals surface area contributed by atoms with E-state index in [4.69, 9.17) is 0 Å². The van der Waals surface area contributed by atoms with Crippen LogP contribution in [-0.2, 0) is 0 Å². The number of rotatable bonds is 3. The Labute approximate surface area is 94.5 Å². The maximum absolute atomic E-state index is 9.84. The van der Waals surface area contributed by atoms with Crippen molar-refractivity contribution < 1.29 is 5.11 Å². The minimum atomic E-state index is -0.179. The quantitative estimate of drug-likeness (QED) is 0.829. The molecular formula is C11H18N2OS. The summed E-state index contributed by atoms with van der Waals surface area (Å²) < 4.78 is 0. The first kappa shape index (κ1) is 11.0. The van der Waals surface area contributed by atoms with Gasteiger partial charge in [-0.3, -0.25) is 0 Å². The lowest BCUT2D eigenvalue weighted by Gasteiger charge is -2.30. The van der Waals surface area contributed by atoms with Crippen molar-refractivity contribution in [3.8, 4) is 0 Å². The molecule has 15 heavy (non-hydrogen) atoms. The molecule has 3 nitrogen and oxygen atoms in total. The summed E-state index contributed by atoms with van der Waals surface area (Å²) >= 11 is 1.67. The van der Waals surface area contributed by atoms with Crippen LogP contribution in [0.1, 0.15) is 43.7 Å². The summed E-state index contributed by atoms with van der Waals surface area (Å²) in [6.45, 7) is 2.11. The predicted octanol–water partition coefficient (Wildman–Crippen LogP) is 2.10. The van der Waals surface area contributed by atoms with Crippen molar-refractivity contribution in [2.75, 3.05) is 0 Å². The Morgan fingerprint density at radius 2 is 2.33 bits per heavy atom. The monoisotopic (exact) mass is 226 g/mol. The third kappa shape index (κ3) is 2.77. The van der Waals surface area contributed by atoms with Crippen molar-refractivity contribution in [2.24, 2.45) is 0 Å². The van der Waals surface area contributed by atoms with Crippen LogP contribution < -0.4 is 5.32 Å². The van der Waals surface area contributed by atoms with Crippen molar-refractivity contribution >= 4 is 11.3 Å². The van der Waals surface area contributed by atoms with Crippen LogP contribution in [-0.4, -0.2) is 22.2 Å². The average molecular weight is 226 g/mol. The van der Waals surface area contributed by atoms with E-state index in [1.165, 1.54) is 6.42 Å². The van der Waals surface area contributed by atoms with Gasteiger partial charge in [-0.25, -0.2) is 4.98 Å². The molecule has 0 amide bonds. The van der Waals surface area contributed by atoms with E-state index in [1.807, 2.05) is 11.6 Å². The molecule has 1 aromatic heterocycles. The number of aliphatic hydroxyl groups is 1. The van der Waals surface area contributed by atoms with Gasteiger partial charge in [0, 0.05) is 17.6 Å². The Hall–Kier alpha value is -0.450. The van der Waals surface area contributed by atoms with Crippen LogP contribution in [0, 0.1) is 0 Å². The van der Waals surface area contributed by atoms with Crippen LogP contribution in [0.25, 0.3) is 0 Å². The van der Waals surface area contributed by atoms with Crippen molar-refractivity contribution in [1.82, 2.24) is 10.3 Å². The first-order chi connectivity index (χ1) is 7.27. The topological polar surface area (TPSA) is 45.1 Å². The second kappa shape index (κ2) is 5.05. The predicted molar refractivity (Wildman–Crippen MR) is 61.9 cm³/mol. The first-order valence-corrected chi connectivity index (χ1v) is 6.49. The van der Waals surface area contributed by atoms with E-state index in [2.05, 4.69) is 17.2 Å².